The average Bonchev–Trinajstić information content (AvgIpc) is 2.79. The van der Waals surface area contributed by atoms with E-state index in [0.717, 1.165) is 11.1 Å². The molecule has 0 saturated carbocycles. The van der Waals surface area contributed by atoms with Crippen molar-refractivity contribution in [3.63, 3.8) is 0 Å². The predicted molar refractivity (Wildman–Crippen MR) is 76.3 cm³/mol. The second kappa shape index (κ2) is 4.55. The van der Waals surface area contributed by atoms with E-state index in [1.54, 1.807) is 0 Å². The lowest BCUT2D eigenvalue weighted by Crippen LogP contribution is -1.87. The van der Waals surface area contributed by atoms with E-state index in [0.29, 0.717) is 5.92 Å². The SMILES string of the molecule is CC1C=Cc2cc(C#Cc3ccccc3)ccc21. The molecule has 1 atom stereocenters. The minimum Gasteiger partial charge on any atom is -0.0767 e. The lowest BCUT2D eigenvalue weighted by atomic mass is 10.0. The molecule has 0 radical (unpaired) electrons. The molecule has 86 valence electrons. The van der Waals surface area contributed by atoms with Gasteiger partial charge in [0.15, 0.2) is 0 Å². The van der Waals surface area contributed by atoms with Crippen molar-refractivity contribution >= 4 is 6.08 Å². The highest BCUT2D eigenvalue weighted by Crippen LogP contribution is 2.29. The van der Waals surface area contributed by atoms with Gasteiger partial charge in [-0.1, -0.05) is 55.2 Å². The summed E-state index contributed by atoms with van der Waals surface area (Å²) in [6.07, 6.45) is 4.42. The first-order valence-corrected chi connectivity index (χ1v) is 6.22. The fourth-order valence-electron chi connectivity index (χ4n) is 2.23. The van der Waals surface area contributed by atoms with Crippen molar-refractivity contribution in [3.8, 4) is 11.8 Å². The standard InChI is InChI=1S/C18H14/c1-14-7-11-17-13-16(10-12-18(14)17)9-8-15-5-3-2-4-6-15/h2-7,10-14H,1H3. The molecule has 0 spiro atoms. The molecule has 0 fully saturated rings. The maximum Gasteiger partial charge on any atom is 0.0255 e. The van der Waals surface area contributed by atoms with Gasteiger partial charge in [0, 0.05) is 11.1 Å². The molecule has 3 rings (SSSR count). The summed E-state index contributed by atoms with van der Waals surface area (Å²) in [6, 6.07) is 16.6. The Balaban J connectivity index is 1.92. The lowest BCUT2D eigenvalue weighted by molar-refractivity contribution is 0.990. The molecule has 18 heavy (non-hydrogen) atoms. The third kappa shape index (κ3) is 2.08. The zero-order valence-corrected chi connectivity index (χ0v) is 10.4. The van der Waals surface area contributed by atoms with E-state index in [1.165, 1.54) is 11.1 Å². The fraction of sp³-hybridized carbons (Fsp3) is 0.111. The van der Waals surface area contributed by atoms with Crippen LogP contribution in [0.25, 0.3) is 6.08 Å². The van der Waals surface area contributed by atoms with Gasteiger partial charge in [0.1, 0.15) is 0 Å². The van der Waals surface area contributed by atoms with Crippen molar-refractivity contribution in [2.45, 2.75) is 12.8 Å². The van der Waals surface area contributed by atoms with Gasteiger partial charge >= 0.3 is 0 Å². The van der Waals surface area contributed by atoms with Crippen LogP contribution < -0.4 is 0 Å². The molecular formula is C18H14. The second-order valence-corrected chi connectivity index (χ2v) is 4.61. The molecule has 2 aromatic carbocycles. The van der Waals surface area contributed by atoms with Gasteiger partial charge in [-0.2, -0.15) is 0 Å². The van der Waals surface area contributed by atoms with Crippen LogP contribution in [0, 0.1) is 11.8 Å². The molecule has 0 bridgehead atoms. The van der Waals surface area contributed by atoms with Crippen LogP contribution in [0.3, 0.4) is 0 Å². The number of hydrogen-bond donors (Lipinski definition) is 0. The van der Waals surface area contributed by atoms with E-state index in [2.05, 4.69) is 49.1 Å². The highest BCUT2D eigenvalue weighted by atomic mass is 14.2. The van der Waals surface area contributed by atoms with Crippen molar-refractivity contribution in [1.82, 2.24) is 0 Å². The highest BCUT2D eigenvalue weighted by molar-refractivity contribution is 5.64. The molecule has 0 nitrogen and oxygen atoms in total. The molecule has 0 amide bonds. The van der Waals surface area contributed by atoms with E-state index in [4.69, 9.17) is 0 Å². The molecule has 0 heteroatoms. The number of allylic oxidation sites excluding steroid dienone is 1. The van der Waals surface area contributed by atoms with Gasteiger partial charge in [-0.3, -0.25) is 0 Å². The van der Waals surface area contributed by atoms with Crippen LogP contribution in [0.4, 0.5) is 0 Å². The summed E-state index contributed by atoms with van der Waals surface area (Å²) < 4.78 is 0. The van der Waals surface area contributed by atoms with Crippen molar-refractivity contribution in [1.29, 1.82) is 0 Å². The third-order valence-corrected chi connectivity index (χ3v) is 3.27. The van der Waals surface area contributed by atoms with Gasteiger partial charge < -0.3 is 0 Å². The molecular weight excluding hydrogens is 216 g/mol. The molecule has 0 aromatic heterocycles. The fourth-order valence-corrected chi connectivity index (χ4v) is 2.23. The van der Waals surface area contributed by atoms with Gasteiger partial charge in [0.2, 0.25) is 0 Å². The zero-order chi connectivity index (χ0) is 12.4. The number of benzene rings is 2. The van der Waals surface area contributed by atoms with Crippen LogP contribution in [0.5, 0.6) is 0 Å². The van der Waals surface area contributed by atoms with Crippen LogP contribution in [0.2, 0.25) is 0 Å². The van der Waals surface area contributed by atoms with Crippen LogP contribution in [0.15, 0.2) is 54.6 Å². The van der Waals surface area contributed by atoms with Gasteiger partial charge in [-0.15, -0.1) is 0 Å². The monoisotopic (exact) mass is 230 g/mol. The maximum atomic E-state index is 3.22. The van der Waals surface area contributed by atoms with Gasteiger partial charge in [0.05, 0.1) is 0 Å². The predicted octanol–water partition coefficient (Wildman–Crippen LogP) is 4.22. The summed E-state index contributed by atoms with van der Waals surface area (Å²) in [5.74, 6) is 6.95. The average molecular weight is 230 g/mol. The summed E-state index contributed by atoms with van der Waals surface area (Å²) in [5.41, 5.74) is 4.85. The Labute approximate surface area is 108 Å². The normalized spacial score (nSPS) is 15.9. The summed E-state index contributed by atoms with van der Waals surface area (Å²) in [4.78, 5) is 0. The Kier molecular flexibility index (Phi) is 2.74. The number of rotatable bonds is 0. The highest BCUT2D eigenvalue weighted by Gasteiger charge is 2.11. The van der Waals surface area contributed by atoms with Crippen LogP contribution >= 0.6 is 0 Å². The van der Waals surface area contributed by atoms with Crippen molar-refractivity contribution in [2.24, 2.45) is 0 Å². The molecule has 0 N–H and O–H groups in total. The Morgan fingerprint density at radius 1 is 0.889 bits per heavy atom. The van der Waals surface area contributed by atoms with Gasteiger partial charge in [0.25, 0.3) is 0 Å². The smallest absolute Gasteiger partial charge is 0.0255 e. The molecule has 1 aliphatic carbocycles. The number of fused-ring (bicyclic) bond motifs is 1. The molecule has 1 aliphatic rings. The Morgan fingerprint density at radius 3 is 2.50 bits per heavy atom. The topological polar surface area (TPSA) is 0 Å². The molecule has 0 saturated heterocycles. The van der Waals surface area contributed by atoms with Crippen molar-refractivity contribution < 1.29 is 0 Å². The summed E-state index contributed by atoms with van der Waals surface area (Å²) in [6.45, 7) is 2.22. The summed E-state index contributed by atoms with van der Waals surface area (Å²) in [7, 11) is 0. The van der Waals surface area contributed by atoms with Crippen molar-refractivity contribution in [3.05, 3.63) is 76.9 Å². The van der Waals surface area contributed by atoms with Crippen LogP contribution in [-0.2, 0) is 0 Å². The first-order valence-electron chi connectivity index (χ1n) is 6.22. The van der Waals surface area contributed by atoms with Crippen LogP contribution in [-0.4, -0.2) is 0 Å². The zero-order valence-electron chi connectivity index (χ0n) is 10.4. The Hall–Kier alpha value is -2.26. The Bertz CT molecular complexity index is 651. The first-order chi connectivity index (χ1) is 8.83. The minimum atomic E-state index is 0.538. The third-order valence-electron chi connectivity index (χ3n) is 3.27. The molecule has 2 aromatic rings. The molecule has 0 heterocycles. The minimum absolute atomic E-state index is 0.538. The Morgan fingerprint density at radius 2 is 1.67 bits per heavy atom. The summed E-state index contributed by atoms with van der Waals surface area (Å²) in [5, 5.41) is 0. The first kappa shape index (κ1) is 10.9. The van der Waals surface area contributed by atoms with Crippen molar-refractivity contribution in [2.75, 3.05) is 0 Å². The van der Waals surface area contributed by atoms with Gasteiger partial charge in [-0.05, 0) is 41.3 Å². The van der Waals surface area contributed by atoms with Crippen LogP contribution in [0.1, 0.15) is 35.1 Å². The van der Waals surface area contributed by atoms with E-state index in [1.807, 2.05) is 30.3 Å². The quantitative estimate of drug-likeness (QED) is 0.594. The van der Waals surface area contributed by atoms with E-state index < -0.39 is 0 Å². The number of hydrogen-bond acceptors (Lipinski definition) is 0. The van der Waals surface area contributed by atoms with E-state index in [-0.39, 0.29) is 0 Å². The van der Waals surface area contributed by atoms with E-state index in [9.17, 15) is 0 Å². The molecule has 0 aliphatic heterocycles. The lowest BCUT2D eigenvalue weighted by Gasteiger charge is -2.03. The largest absolute Gasteiger partial charge is 0.0767 e. The maximum absolute atomic E-state index is 3.22. The second-order valence-electron chi connectivity index (χ2n) is 4.61. The van der Waals surface area contributed by atoms with E-state index >= 15 is 0 Å². The van der Waals surface area contributed by atoms with Gasteiger partial charge in [-0.25, -0.2) is 0 Å². The summed E-state index contributed by atoms with van der Waals surface area (Å²) >= 11 is 0. The molecule has 1 unspecified atom stereocenters.